The van der Waals surface area contributed by atoms with Gasteiger partial charge in [-0.25, -0.2) is 17.6 Å². The van der Waals surface area contributed by atoms with E-state index in [1.165, 1.54) is 25.3 Å². The maximum atomic E-state index is 14.2. The molecule has 0 bridgehead atoms. The molecule has 1 heterocycles. The number of carbonyl (C=O) groups excluding carboxylic acids is 1. The molecule has 1 saturated heterocycles. The third kappa shape index (κ3) is 4.38. The van der Waals surface area contributed by atoms with E-state index in [-0.39, 0.29) is 11.3 Å². The van der Waals surface area contributed by atoms with Gasteiger partial charge in [0.2, 0.25) is 0 Å². The van der Waals surface area contributed by atoms with E-state index in [9.17, 15) is 35.5 Å². The molecule has 0 unspecified atom stereocenters. The van der Waals surface area contributed by atoms with Crippen LogP contribution in [0.3, 0.4) is 0 Å². The number of amides is 1. The summed E-state index contributed by atoms with van der Waals surface area (Å²) < 4.78 is 104. The van der Waals surface area contributed by atoms with E-state index in [1.807, 2.05) is 0 Å². The minimum absolute atomic E-state index is 0.180. The second-order valence-electron chi connectivity index (χ2n) is 6.44. The van der Waals surface area contributed by atoms with E-state index in [0.29, 0.717) is 32.0 Å². The van der Waals surface area contributed by atoms with Gasteiger partial charge in [-0.3, -0.25) is 4.79 Å². The standard InChI is InChI=1S/C19H15F7N2O3/c1-30-9-2-3-11(28-4-6-31-7-5-28)10(8-9)18(29)27-17-15(22)13(20)12(19(24,25)26)14(21)16(17)23/h2-3,8H,4-7H2,1H3,(H,27,29). The van der Waals surface area contributed by atoms with Gasteiger partial charge in [-0.2, -0.15) is 13.2 Å². The van der Waals surface area contributed by atoms with Gasteiger partial charge >= 0.3 is 6.18 Å². The lowest BCUT2D eigenvalue weighted by atomic mass is 10.1. The number of nitrogens with zero attached hydrogens (tertiary/aromatic N) is 1. The van der Waals surface area contributed by atoms with Crippen LogP contribution in [-0.4, -0.2) is 39.3 Å². The molecule has 31 heavy (non-hydrogen) atoms. The third-order valence-electron chi connectivity index (χ3n) is 4.59. The van der Waals surface area contributed by atoms with Gasteiger partial charge in [-0.1, -0.05) is 0 Å². The van der Waals surface area contributed by atoms with Crippen LogP contribution < -0.4 is 15.0 Å². The van der Waals surface area contributed by atoms with E-state index in [1.54, 1.807) is 10.2 Å². The number of benzene rings is 2. The van der Waals surface area contributed by atoms with Crippen molar-refractivity contribution < 1.29 is 45.0 Å². The Labute approximate surface area is 171 Å². The fraction of sp³-hybridized carbons (Fsp3) is 0.316. The Kier molecular flexibility index (Phi) is 6.30. The molecule has 12 heteroatoms. The summed E-state index contributed by atoms with van der Waals surface area (Å²) in [5.41, 5.74) is -4.28. The van der Waals surface area contributed by atoms with Crippen LogP contribution in [0.2, 0.25) is 0 Å². The highest BCUT2D eigenvalue weighted by Gasteiger charge is 2.42. The molecule has 0 aromatic heterocycles. The molecule has 1 aliphatic heterocycles. The average molecular weight is 452 g/mol. The number of nitrogens with one attached hydrogen (secondary N) is 1. The second kappa shape index (κ2) is 8.61. The maximum absolute atomic E-state index is 14.2. The zero-order chi connectivity index (χ0) is 22.9. The van der Waals surface area contributed by atoms with E-state index < -0.39 is 46.6 Å². The Bertz CT molecular complexity index is 976. The van der Waals surface area contributed by atoms with Crippen LogP contribution in [0.15, 0.2) is 18.2 Å². The smallest absolute Gasteiger partial charge is 0.422 e. The number of halogens is 7. The summed E-state index contributed by atoms with van der Waals surface area (Å²) in [6.07, 6.45) is -5.69. The third-order valence-corrected chi connectivity index (χ3v) is 4.59. The molecule has 2 aromatic rings. The Morgan fingerprint density at radius 3 is 2.13 bits per heavy atom. The van der Waals surface area contributed by atoms with Crippen LogP contribution in [0, 0.1) is 23.3 Å². The first kappa shape index (κ1) is 22.7. The molecule has 0 spiro atoms. The Hall–Kier alpha value is -3.02. The lowest BCUT2D eigenvalue weighted by molar-refractivity contribution is -0.143. The highest BCUT2D eigenvalue weighted by Crippen LogP contribution is 2.39. The van der Waals surface area contributed by atoms with Crippen molar-refractivity contribution in [1.82, 2.24) is 0 Å². The zero-order valence-electron chi connectivity index (χ0n) is 15.9. The summed E-state index contributed by atoms with van der Waals surface area (Å²) in [5, 5.41) is 1.64. The normalized spacial score (nSPS) is 14.5. The second-order valence-corrected chi connectivity index (χ2v) is 6.44. The minimum atomic E-state index is -5.69. The Balaban J connectivity index is 2.04. The number of hydrogen-bond donors (Lipinski definition) is 1. The van der Waals surface area contributed by atoms with Crippen LogP contribution in [-0.2, 0) is 10.9 Å². The van der Waals surface area contributed by atoms with Crippen LogP contribution in [0.4, 0.5) is 42.1 Å². The fourth-order valence-corrected chi connectivity index (χ4v) is 3.08. The molecule has 0 atom stereocenters. The van der Waals surface area contributed by atoms with E-state index >= 15 is 0 Å². The molecule has 1 fully saturated rings. The van der Waals surface area contributed by atoms with Crippen molar-refractivity contribution in [1.29, 1.82) is 0 Å². The molecule has 1 amide bonds. The molecule has 0 radical (unpaired) electrons. The number of ether oxygens (including phenoxy) is 2. The van der Waals surface area contributed by atoms with E-state index in [0.717, 1.165) is 0 Å². The number of rotatable bonds is 4. The van der Waals surface area contributed by atoms with Crippen LogP contribution in [0.25, 0.3) is 0 Å². The summed E-state index contributed by atoms with van der Waals surface area (Å²) in [7, 11) is 1.30. The number of carbonyl (C=O) groups is 1. The highest BCUT2D eigenvalue weighted by atomic mass is 19.4. The first-order valence-electron chi connectivity index (χ1n) is 8.81. The Morgan fingerprint density at radius 2 is 1.61 bits per heavy atom. The van der Waals surface area contributed by atoms with Crippen molar-refractivity contribution in [3.63, 3.8) is 0 Å². The summed E-state index contributed by atoms with van der Waals surface area (Å²) in [6, 6.07) is 4.21. The molecular formula is C19H15F7N2O3. The van der Waals surface area contributed by atoms with Crippen molar-refractivity contribution in [2.45, 2.75) is 6.18 Å². The molecule has 5 nitrogen and oxygen atoms in total. The number of methoxy groups -OCH3 is 1. The summed E-state index contributed by atoms with van der Waals surface area (Å²) >= 11 is 0. The largest absolute Gasteiger partial charge is 0.497 e. The zero-order valence-corrected chi connectivity index (χ0v) is 15.9. The first-order chi connectivity index (χ1) is 14.6. The first-order valence-corrected chi connectivity index (χ1v) is 8.81. The maximum Gasteiger partial charge on any atom is 0.422 e. The summed E-state index contributed by atoms with van der Waals surface area (Å²) in [4.78, 5) is 14.5. The number of hydrogen-bond acceptors (Lipinski definition) is 4. The number of anilines is 2. The Morgan fingerprint density at radius 1 is 1.03 bits per heavy atom. The molecule has 168 valence electrons. The van der Waals surface area contributed by atoms with Crippen molar-refractivity contribution in [2.24, 2.45) is 0 Å². The molecular weight excluding hydrogens is 437 g/mol. The van der Waals surface area contributed by atoms with Crippen LogP contribution in [0.5, 0.6) is 5.75 Å². The van der Waals surface area contributed by atoms with Gasteiger partial charge in [-0.15, -0.1) is 0 Å². The monoisotopic (exact) mass is 452 g/mol. The van der Waals surface area contributed by atoms with Crippen LogP contribution >= 0.6 is 0 Å². The van der Waals surface area contributed by atoms with Gasteiger partial charge < -0.3 is 19.7 Å². The van der Waals surface area contributed by atoms with Gasteiger partial charge in [0.15, 0.2) is 23.3 Å². The predicted molar refractivity (Wildman–Crippen MR) is 95.3 cm³/mol. The molecule has 1 N–H and O–H groups in total. The van der Waals surface area contributed by atoms with Gasteiger partial charge in [0, 0.05) is 18.8 Å². The SMILES string of the molecule is COc1ccc(N2CCOCC2)c(C(=O)Nc2c(F)c(F)c(C(F)(F)F)c(F)c2F)c1. The lowest BCUT2D eigenvalue weighted by Crippen LogP contribution is -2.37. The van der Waals surface area contributed by atoms with Crippen LogP contribution in [0.1, 0.15) is 15.9 Å². The van der Waals surface area contributed by atoms with E-state index in [4.69, 9.17) is 9.47 Å². The van der Waals surface area contributed by atoms with E-state index in [2.05, 4.69) is 0 Å². The fourth-order valence-electron chi connectivity index (χ4n) is 3.08. The van der Waals surface area contributed by atoms with Gasteiger partial charge in [0.25, 0.3) is 5.91 Å². The molecule has 1 aliphatic rings. The van der Waals surface area contributed by atoms with Gasteiger partial charge in [-0.05, 0) is 18.2 Å². The van der Waals surface area contributed by atoms with Crippen molar-refractivity contribution >= 4 is 17.3 Å². The summed E-state index contributed by atoms with van der Waals surface area (Å²) in [5.74, 6) is -11.1. The average Bonchev–Trinajstić information content (AvgIpc) is 2.74. The molecule has 3 rings (SSSR count). The van der Waals surface area contributed by atoms with Crippen molar-refractivity contribution in [3.8, 4) is 5.75 Å². The van der Waals surface area contributed by atoms with Gasteiger partial charge in [0.1, 0.15) is 17.0 Å². The van der Waals surface area contributed by atoms with Gasteiger partial charge in [0.05, 0.1) is 25.9 Å². The topological polar surface area (TPSA) is 50.8 Å². The summed E-state index contributed by atoms with van der Waals surface area (Å²) in [6.45, 7) is 1.43. The molecule has 0 saturated carbocycles. The molecule has 2 aromatic carbocycles. The predicted octanol–water partition coefficient (Wildman–Crippen LogP) is 4.36. The number of alkyl halides is 3. The minimum Gasteiger partial charge on any atom is -0.497 e. The lowest BCUT2D eigenvalue weighted by Gasteiger charge is -2.30. The van der Waals surface area contributed by atoms with Crippen molar-refractivity contribution in [2.75, 3.05) is 43.6 Å². The highest BCUT2D eigenvalue weighted by molar-refractivity contribution is 6.08. The van der Waals surface area contributed by atoms with Crippen molar-refractivity contribution in [3.05, 3.63) is 52.6 Å². The number of morpholine rings is 1. The molecule has 0 aliphatic carbocycles. The quantitative estimate of drug-likeness (QED) is 0.554.